The van der Waals surface area contributed by atoms with Crippen LogP contribution in [0.5, 0.6) is 23.0 Å². The van der Waals surface area contributed by atoms with Gasteiger partial charge < -0.3 is 39.9 Å². The molecule has 20 heteroatoms. The maximum atomic E-state index is 16.3. The summed E-state index contributed by atoms with van der Waals surface area (Å²) in [5.41, 5.74) is 7.81. The Labute approximate surface area is 451 Å². The predicted octanol–water partition coefficient (Wildman–Crippen LogP) is 14.0. The van der Waals surface area contributed by atoms with Crippen LogP contribution >= 0.6 is 0 Å². The molecule has 8 aromatic carbocycles. The molecule has 0 radical (unpaired) electrons. The molecule has 0 spiro atoms. The van der Waals surface area contributed by atoms with E-state index in [1.165, 1.54) is 51.7 Å². The molecule has 13 rings (SSSR count). The minimum Gasteiger partial charge on any atom is -0.497 e. The maximum Gasteiger partial charge on any atom is 0.202 e. The second-order valence-corrected chi connectivity index (χ2v) is 18.4. The number of fused-ring (bicyclic) bond motifs is 20. The zero-order chi connectivity index (χ0) is 54.8. The molecule has 3 aromatic heterocycles. The lowest BCUT2D eigenvalue weighted by molar-refractivity contribution is 0.372. The molecular formula is C60H42F4N12O4. The minimum atomic E-state index is -1.24. The second kappa shape index (κ2) is 19.7. The number of aromatic nitrogens is 8. The molecule has 11 aromatic rings. The Hall–Kier alpha value is -10.8. The van der Waals surface area contributed by atoms with E-state index in [1.807, 2.05) is 72.8 Å². The van der Waals surface area contributed by atoms with Crippen LogP contribution in [0.25, 0.3) is 89.7 Å². The quantitative estimate of drug-likeness (QED) is 0.0729. The lowest BCUT2D eigenvalue weighted by atomic mass is 10.1. The van der Waals surface area contributed by atoms with Gasteiger partial charge in [0.1, 0.15) is 34.4 Å². The standard InChI is InChI=1S/C60H42F4N12O4/c1-77-31-19-17-30(18-20-31)65-52-48-40(29-46(66-45-25-26-47(80-4)50(64)49(45)63)51(52)67-43-23-21-32(78-2)27-41(43)61)57-70-53-34-11-5-7-13-36(34)55(68-53)73-59-38-15-9-10-16-39(38)60(76(59)75-44-24-22-33(79-3)28-42(44)62)74-56-37-14-8-6-12-35(37)54(69-56)71-58(48)72-57/h5-29,65-67,75H,1-4H3,(H,68,69,70,71,72,73,74). The van der Waals surface area contributed by atoms with Crippen molar-refractivity contribution in [1.29, 1.82) is 0 Å². The van der Waals surface area contributed by atoms with E-state index in [9.17, 15) is 0 Å². The number of aromatic amines is 1. The Balaban J connectivity index is 1.18. The molecule has 0 unspecified atom stereocenters. The van der Waals surface area contributed by atoms with E-state index in [4.69, 9.17) is 48.9 Å². The van der Waals surface area contributed by atoms with Crippen LogP contribution in [-0.4, -0.2) is 68.0 Å². The van der Waals surface area contributed by atoms with Crippen LogP contribution in [0, 0.1) is 23.3 Å². The number of halogens is 4. The average molecular weight is 1070 g/mol. The normalized spacial score (nSPS) is 11.5. The lowest BCUT2D eigenvalue weighted by Gasteiger charge is -2.21. The van der Waals surface area contributed by atoms with Crippen LogP contribution in [0.3, 0.4) is 0 Å². The van der Waals surface area contributed by atoms with Crippen LogP contribution in [0.1, 0.15) is 0 Å². The third kappa shape index (κ3) is 8.42. The van der Waals surface area contributed by atoms with Crippen LogP contribution in [0.2, 0.25) is 0 Å². The van der Waals surface area contributed by atoms with E-state index in [1.54, 1.807) is 60.3 Å². The molecule has 0 saturated heterocycles. The van der Waals surface area contributed by atoms with E-state index in [0.717, 1.165) is 0 Å². The van der Waals surface area contributed by atoms with Gasteiger partial charge in [-0.3, -0.25) is 5.43 Å². The van der Waals surface area contributed by atoms with E-state index in [0.29, 0.717) is 72.3 Å². The zero-order valence-corrected chi connectivity index (χ0v) is 42.7. The fourth-order valence-corrected chi connectivity index (χ4v) is 9.81. The van der Waals surface area contributed by atoms with E-state index >= 15 is 17.6 Å². The van der Waals surface area contributed by atoms with Gasteiger partial charge in [0, 0.05) is 56.2 Å². The zero-order valence-electron chi connectivity index (χ0n) is 42.7. The van der Waals surface area contributed by atoms with Crippen molar-refractivity contribution in [3.63, 3.8) is 0 Å². The fourth-order valence-electron chi connectivity index (χ4n) is 9.81. The van der Waals surface area contributed by atoms with Crippen LogP contribution in [-0.2, 0) is 0 Å². The number of nitrogens with one attached hydrogen (secondary N) is 5. The summed E-state index contributed by atoms with van der Waals surface area (Å²) in [6.07, 6.45) is 0. The highest BCUT2D eigenvalue weighted by atomic mass is 19.2. The summed E-state index contributed by atoms with van der Waals surface area (Å²) < 4.78 is 87.1. The highest BCUT2D eigenvalue weighted by Crippen LogP contribution is 2.47. The van der Waals surface area contributed by atoms with Crippen molar-refractivity contribution in [2.75, 3.05) is 49.8 Å². The van der Waals surface area contributed by atoms with Gasteiger partial charge in [0.2, 0.25) is 5.82 Å². The number of methoxy groups -OCH3 is 4. The number of H-pyrrole nitrogens is 1. The summed E-state index contributed by atoms with van der Waals surface area (Å²) >= 11 is 0. The topological polar surface area (TPSA) is 183 Å². The molecule has 5 heterocycles. The highest BCUT2D eigenvalue weighted by Gasteiger charge is 2.27. The Morgan fingerprint density at radius 2 is 0.925 bits per heavy atom. The molecule has 8 bridgehead atoms. The first kappa shape index (κ1) is 48.9. The third-order valence-corrected chi connectivity index (χ3v) is 13.7. The lowest BCUT2D eigenvalue weighted by Crippen LogP contribution is -2.11. The van der Waals surface area contributed by atoms with Gasteiger partial charge in [-0.05, 0) is 66.7 Å². The Morgan fingerprint density at radius 1 is 0.412 bits per heavy atom. The first-order valence-electron chi connectivity index (χ1n) is 24.8. The number of rotatable bonds is 12. The van der Waals surface area contributed by atoms with Crippen LogP contribution in [0.15, 0.2) is 152 Å². The molecule has 0 atom stereocenters. The molecule has 80 heavy (non-hydrogen) atoms. The largest absolute Gasteiger partial charge is 0.497 e. The van der Waals surface area contributed by atoms with Crippen molar-refractivity contribution < 1.29 is 36.5 Å². The van der Waals surface area contributed by atoms with Crippen molar-refractivity contribution >= 4 is 83.9 Å². The van der Waals surface area contributed by atoms with Gasteiger partial charge in [-0.1, -0.05) is 72.8 Å². The smallest absolute Gasteiger partial charge is 0.202 e. The minimum absolute atomic E-state index is 0.00000893. The fraction of sp³-hybridized carbons (Fsp3) is 0.0667. The van der Waals surface area contributed by atoms with E-state index < -0.39 is 23.3 Å². The summed E-state index contributed by atoms with van der Waals surface area (Å²) in [7, 11) is 5.67. The molecule has 2 aliphatic heterocycles. The van der Waals surface area contributed by atoms with Gasteiger partial charge in [-0.15, -0.1) is 0 Å². The van der Waals surface area contributed by atoms with Gasteiger partial charge in [-0.25, -0.2) is 47.8 Å². The third-order valence-electron chi connectivity index (χ3n) is 13.7. The first-order chi connectivity index (χ1) is 39.1. The van der Waals surface area contributed by atoms with Crippen molar-refractivity contribution in [3.05, 3.63) is 175 Å². The monoisotopic (exact) mass is 1070 g/mol. The molecule has 0 fully saturated rings. The number of nitrogens with zero attached hydrogens (tertiary/aromatic N) is 7. The van der Waals surface area contributed by atoms with Gasteiger partial charge >= 0.3 is 0 Å². The van der Waals surface area contributed by atoms with Gasteiger partial charge in [0.05, 0.1) is 67.9 Å². The molecule has 394 valence electrons. The highest BCUT2D eigenvalue weighted by molar-refractivity contribution is 6.19. The summed E-state index contributed by atoms with van der Waals surface area (Å²) in [5, 5.41) is 12.0. The molecule has 16 nitrogen and oxygen atoms in total. The Kier molecular flexibility index (Phi) is 12.0. The molecule has 2 aliphatic rings. The summed E-state index contributed by atoms with van der Waals surface area (Å²) in [4.78, 5) is 34.8. The summed E-state index contributed by atoms with van der Waals surface area (Å²) in [5.74, 6) is -1.88. The number of ether oxygens (including phenoxy) is 4. The molecular weight excluding hydrogens is 1030 g/mol. The van der Waals surface area contributed by atoms with Crippen LogP contribution in [0.4, 0.5) is 57.4 Å². The van der Waals surface area contributed by atoms with Gasteiger partial charge in [0.15, 0.2) is 52.0 Å². The van der Waals surface area contributed by atoms with Crippen LogP contribution < -0.4 is 40.3 Å². The summed E-state index contributed by atoms with van der Waals surface area (Å²) in [6, 6.07) is 42.6. The van der Waals surface area contributed by atoms with Gasteiger partial charge in [-0.2, -0.15) is 4.39 Å². The molecule has 5 N–H and O–H groups in total. The summed E-state index contributed by atoms with van der Waals surface area (Å²) in [6.45, 7) is 0. The molecule has 0 saturated carbocycles. The van der Waals surface area contributed by atoms with Crippen molar-refractivity contribution in [1.82, 2.24) is 39.6 Å². The Bertz CT molecular complexity index is 4520. The Morgan fingerprint density at radius 3 is 1.48 bits per heavy atom. The number of hydrogen-bond acceptors (Lipinski definition) is 14. The number of benzene rings is 8. The number of hydrogen-bond donors (Lipinski definition) is 5. The first-order valence-corrected chi connectivity index (χ1v) is 24.8. The van der Waals surface area contributed by atoms with E-state index in [-0.39, 0.29) is 80.2 Å². The SMILES string of the molecule is COc1ccc(Nc2c(Nc3ccc(OC)cc3F)c(Nc3ccc(OC)c(F)c3F)cc3c4nc5nc(nc6c7ccccc7c(nc7nc(nc([nH]4)c23)-c2ccccc2-7)n6Nc2ccc(OC)cc2F)-c2ccccc2-5)cc1. The molecule has 0 amide bonds. The van der Waals surface area contributed by atoms with Crippen molar-refractivity contribution in [3.8, 4) is 68.5 Å². The second-order valence-electron chi connectivity index (χ2n) is 18.4. The van der Waals surface area contributed by atoms with Crippen molar-refractivity contribution in [2.45, 2.75) is 0 Å². The molecule has 0 aliphatic carbocycles. The van der Waals surface area contributed by atoms with Crippen molar-refractivity contribution in [2.24, 2.45) is 0 Å². The number of anilines is 7. The maximum absolute atomic E-state index is 16.3. The van der Waals surface area contributed by atoms with Gasteiger partial charge in [0.25, 0.3) is 0 Å². The van der Waals surface area contributed by atoms with E-state index in [2.05, 4.69) is 26.4 Å². The average Bonchev–Trinajstić information content (AvgIpc) is 4.34. The predicted molar refractivity (Wildman–Crippen MR) is 300 cm³/mol.